The van der Waals surface area contributed by atoms with Crippen LogP contribution in [0, 0.1) is 0 Å². The zero-order valence-corrected chi connectivity index (χ0v) is 11.1. The van der Waals surface area contributed by atoms with Gasteiger partial charge in [-0.05, 0) is 24.6 Å². The molecule has 0 atom stereocenters. The van der Waals surface area contributed by atoms with Crippen LogP contribution < -0.4 is 10.6 Å². The molecule has 0 unspecified atom stereocenters. The molecule has 106 valence electrons. The summed E-state index contributed by atoms with van der Waals surface area (Å²) in [5.74, 6) is -1.77. The van der Waals surface area contributed by atoms with E-state index < -0.39 is 11.9 Å². The van der Waals surface area contributed by atoms with E-state index >= 15 is 0 Å². The van der Waals surface area contributed by atoms with Gasteiger partial charge in [0, 0.05) is 24.4 Å². The minimum absolute atomic E-state index is 0.0614. The maximum atomic E-state index is 11.4. The van der Waals surface area contributed by atoms with Gasteiger partial charge in [0.1, 0.15) is 0 Å². The fraction of sp³-hybridized carbons (Fsp3) is 0.214. The zero-order chi connectivity index (χ0) is 15.0. The molecule has 1 rings (SSSR count). The highest BCUT2D eigenvalue weighted by molar-refractivity contribution is 6.02. The molecule has 0 saturated heterocycles. The van der Waals surface area contributed by atoms with Crippen LogP contribution in [0.2, 0.25) is 0 Å². The lowest BCUT2D eigenvalue weighted by Crippen LogP contribution is -2.24. The van der Waals surface area contributed by atoms with E-state index in [-0.39, 0.29) is 12.3 Å². The number of likely N-dealkylation sites (N-methyl/N-ethyl adjacent to an activating group) is 1. The van der Waals surface area contributed by atoms with Gasteiger partial charge in [0.05, 0.1) is 6.42 Å². The molecule has 20 heavy (non-hydrogen) atoms. The summed E-state index contributed by atoms with van der Waals surface area (Å²) in [7, 11) is 0. The molecule has 0 aliphatic rings. The molecule has 0 saturated carbocycles. The summed E-state index contributed by atoms with van der Waals surface area (Å²) in [6.45, 7) is 2.43. The van der Waals surface area contributed by atoms with Gasteiger partial charge in [-0.3, -0.25) is 9.59 Å². The van der Waals surface area contributed by atoms with Crippen LogP contribution in [0.15, 0.2) is 36.4 Å². The lowest BCUT2D eigenvalue weighted by atomic mass is 10.1. The van der Waals surface area contributed by atoms with Crippen molar-refractivity contribution in [3.8, 4) is 0 Å². The van der Waals surface area contributed by atoms with Crippen LogP contribution in [0.4, 0.5) is 5.69 Å². The molecule has 1 aromatic rings. The van der Waals surface area contributed by atoms with Crippen molar-refractivity contribution in [1.82, 2.24) is 5.32 Å². The standard InChI is InChI=1S/C14H16N2O4/c1-2-15-13(18)9-10-3-5-11(6-4-10)16-12(17)7-8-14(19)20/h3-8H,2,9H2,1H3,(H,15,18)(H,16,17)(H,19,20)/b8-7+. The molecular formula is C14H16N2O4. The largest absolute Gasteiger partial charge is 0.478 e. The van der Waals surface area contributed by atoms with Crippen molar-refractivity contribution in [2.24, 2.45) is 0 Å². The van der Waals surface area contributed by atoms with Gasteiger partial charge in [0.25, 0.3) is 0 Å². The summed E-state index contributed by atoms with van der Waals surface area (Å²) in [6.07, 6.45) is 1.98. The van der Waals surface area contributed by atoms with E-state index in [2.05, 4.69) is 10.6 Å². The predicted molar refractivity (Wildman–Crippen MR) is 74.2 cm³/mol. The Labute approximate surface area is 116 Å². The normalized spacial score (nSPS) is 10.2. The lowest BCUT2D eigenvalue weighted by molar-refractivity contribution is -0.131. The van der Waals surface area contributed by atoms with Crippen LogP contribution in [0.1, 0.15) is 12.5 Å². The zero-order valence-electron chi connectivity index (χ0n) is 11.1. The summed E-state index contributed by atoms with van der Waals surface area (Å²) in [5.41, 5.74) is 1.36. The third-order valence-corrected chi connectivity index (χ3v) is 2.34. The average Bonchev–Trinajstić information content (AvgIpc) is 2.39. The molecular weight excluding hydrogens is 260 g/mol. The molecule has 0 fully saturated rings. The van der Waals surface area contributed by atoms with Gasteiger partial charge >= 0.3 is 5.97 Å². The van der Waals surface area contributed by atoms with E-state index in [1.54, 1.807) is 24.3 Å². The molecule has 6 nitrogen and oxygen atoms in total. The Hall–Kier alpha value is -2.63. The van der Waals surface area contributed by atoms with Crippen molar-refractivity contribution >= 4 is 23.5 Å². The van der Waals surface area contributed by atoms with E-state index in [0.29, 0.717) is 12.2 Å². The molecule has 0 spiro atoms. The Morgan fingerprint density at radius 1 is 1.15 bits per heavy atom. The van der Waals surface area contributed by atoms with Gasteiger partial charge in [-0.1, -0.05) is 12.1 Å². The summed E-state index contributed by atoms with van der Waals surface area (Å²) >= 11 is 0. The molecule has 1 aromatic carbocycles. The van der Waals surface area contributed by atoms with Crippen LogP contribution in [0.25, 0.3) is 0 Å². The van der Waals surface area contributed by atoms with Gasteiger partial charge < -0.3 is 15.7 Å². The van der Waals surface area contributed by atoms with E-state index in [1.807, 2.05) is 6.92 Å². The quantitative estimate of drug-likeness (QED) is 0.674. The number of carboxylic acids is 1. The van der Waals surface area contributed by atoms with Crippen LogP contribution in [0.5, 0.6) is 0 Å². The van der Waals surface area contributed by atoms with Crippen LogP contribution >= 0.6 is 0 Å². The van der Waals surface area contributed by atoms with E-state index in [0.717, 1.165) is 17.7 Å². The van der Waals surface area contributed by atoms with Crippen molar-refractivity contribution in [1.29, 1.82) is 0 Å². The third kappa shape index (κ3) is 5.81. The number of aliphatic carboxylic acids is 1. The first-order valence-electron chi connectivity index (χ1n) is 6.09. The number of carbonyl (C=O) groups is 3. The van der Waals surface area contributed by atoms with Crippen molar-refractivity contribution in [2.45, 2.75) is 13.3 Å². The molecule has 2 amide bonds. The Morgan fingerprint density at radius 2 is 1.80 bits per heavy atom. The van der Waals surface area contributed by atoms with E-state index in [9.17, 15) is 14.4 Å². The second kappa shape index (κ2) is 7.73. The topological polar surface area (TPSA) is 95.5 Å². The number of rotatable bonds is 6. The number of hydrogen-bond acceptors (Lipinski definition) is 3. The number of carboxylic acid groups (broad SMARTS) is 1. The summed E-state index contributed by atoms with van der Waals surface area (Å²) in [5, 5.41) is 13.6. The SMILES string of the molecule is CCNC(=O)Cc1ccc(NC(=O)/C=C/C(=O)O)cc1. The van der Waals surface area contributed by atoms with Crippen molar-refractivity contribution < 1.29 is 19.5 Å². The third-order valence-electron chi connectivity index (χ3n) is 2.34. The Bertz CT molecular complexity index is 520. The second-order valence-electron chi connectivity index (χ2n) is 3.99. The molecule has 0 bridgehead atoms. The van der Waals surface area contributed by atoms with Crippen LogP contribution in [-0.4, -0.2) is 29.4 Å². The molecule has 0 aliphatic heterocycles. The van der Waals surface area contributed by atoms with Crippen LogP contribution in [-0.2, 0) is 20.8 Å². The molecule has 3 N–H and O–H groups in total. The fourth-order valence-electron chi connectivity index (χ4n) is 1.48. The Morgan fingerprint density at radius 3 is 2.35 bits per heavy atom. The molecule has 6 heteroatoms. The van der Waals surface area contributed by atoms with Crippen molar-refractivity contribution in [3.05, 3.63) is 42.0 Å². The molecule has 0 aromatic heterocycles. The van der Waals surface area contributed by atoms with Gasteiger partial charge in [-0.2, -0.15) is 0 Å². The summed E-state index contributed by atoms with van der Waals surface area (Å²) in [4.78, 5) is 33.0. The number of amides is 2. The summed E-state index contributed by atoms with van der Waals surface area (Å²) in [6, 6.07) is 6.76. The second-order valence-corrected chi connectivity index (χ2v) is 3.99. The number of carbonyl (C=O) groups excluding carboxylic acids is 2. The van der Waals surface area contributed by atoms with Gasteiger partial charge in [-0.25, -0.2) is 4.79 Å². The Kier molecular flexibility index (Phi) is 5.96. The first-order valence-corrected chi connectivity index (χ1v) is 6.09. The van der Waals surface area contributed by atoms with Crippen molar-refractivity contribution in [2.75, 3.05) is 11.9 Å². The Balaban J connectivity index is 2.56. The van der Waals surface area contributed by atoms with Crippen LogP contribution in [0.3, 0.4) is 0 Å². The highest BCUT2D eigenvalue weighted by Crippen LogP contribution is 2.10. The van der Waals surface area contributed by atoms with Gasteiger partial charge in [-0.15, -0.1) is 0 Å². The first-order chi connectivity index (χ1) is 9.51. The fourth-order valence-corrected chi connectivity index (χ4v) is 1.48. The van der Waals surface area contributed by atoms with Gasteiger partial charge in [0.2, 0.25) is 11.8 Å². The number of nitrogens with one attached hydrogen (secondary N) is 2. The highest BCUT2D eigenvalue weighted by atomic mass is 16.4. The van der Waals surface area contributed by atoms with E-state index in [4.69, 9.17) is 5.11 Å². The number of hydrogen-bond donors (Lipinski definition) is 3. The maximum absolute atomic E-state index is 11.4. The maximum Gasteiger partial charge on any atom is 0.328 e. The number of anilines is 1. The van der Waals surface area contributed by atoms with E-state index in [1.165, 1.54) is 0 Å². The first kappa shape index (κ1) is 15.4. The lowest BCUT2D eigenvalue weighted by Gasteiger charge is -2.05. The molecule has 0 aliphatic carbocycles. The van der Waals surface area contributed by atoms with Gasteiger partial charge in [0.15, 0.2) is 0 Å². The monoisotopic (exact) mass is 276 g/mol. The minimum atomic E-state index is -1.18. The average molecular weight is 276 g/mol. The minimum Gasteiger partial charge on any atom is -0.478 e. The predicted octanol–water partition coefficient (Wildman–Crippen LogP) is 0.944. The highest BCUT2D eigenvalue weighted by Gasteiger charge is 2.03. The molecule has 0 heterocycles. The molecule has 0 radical (unpaired) electrons. The summed E-state index contributed by atoms with van der Waals surface area (Å²) < 4.78 is 0. The van der Waals surface area contributed by atoms with Crippen molar-refractivity contribution in [3.63, 3.8) is 0 Å². The number of benzene rings is 1. The smallest absolute Gasteiger partial charge is 0.328 e.